The Hall–Kier alpha value is -1.52. The summed E-state index contributed by atoms with van der Waals surface area (Å²) < 4.78 is 32.1. The van der Waals surface area contributed by atoms with E-state index in [9.17, 15) is 18.0 Å². The van der Waals surface area contributed by atoms with Crippen LogP contribution in [0.25, 0.3) is 0 Å². The minimum absolute atomic E-state index is 0.0107. The van der Waals surface area contributed by atoms with Crippen LogP contribution in [0.15, 0.2) is 19.6 Å². The summed E-state index contributed by atoms with van der Waals surface area (Å²) >= 11 is 6.02. The van der Waals surface area contributed by atoms with Gasteiger partial charge in [0.05, 0.1) is 5.75 Å². The minimum Gasteiger partial charge on any atom is -0.286 e. The standard InChI is InChI=1S/C9H11ClN4O5S/c1-13-6-5(7(15)14(2)8(13)16)11-9(10,12-6)3-4-20(17,18)19/h3-4H2,1-2H3,(H,17,18,19). The van der Waals surface area contributed by atoms with Crippen molar-refractivity contribution < 1.29 is 13.0 Å². The zero-order valence-corrected chi connectivity index (χ0v) is 12.1. The highest BCUT2D eigenvalue weighted by molar-refractivity contribution is 7.85. The molecule has 0 fully saturated rings. The van der Waals surface area contributed by atoms with Crippen LogP contribution in [0.5, 0.6) is 0 Å². The smallest absolute Gasteiger partial charge is 0.286 e. The highest BCUT2D eigenvalue weighted by Gasteiger charge is 2.32. The second-order valence-corrected chi connectivity index (χ2v) is 6.53. The van der Waals surface area contributed by atoms with Crippen LogP contribution in [0.4, 0.5) is 0 Å². The predicted molar refractivity (Wildman–Crippen MR) is 68.9 cm³/mol. The van der Waals surface area contributed by atoms with E-state index in [-0.39, 0.29) is 17.3 Å². The van der Waals surface area contributed by atoms with Crippen LogP contribution >= 0.6 is 11.6 Å². The summed E-state index contributed by atoms with van der Waals surface area (Å²) in [6, 6.07) is 0. The second-order valence-electron chi connectivity index (χ2n) is 4.36. The molecule has 110 valence electrons. The molecule has 1 aliphatic rings. The van der Waals surface area contributed by atoms with Crippen molar-refractivity contribution in [3.63, 3.8) is 0 Å². The van der Waals surface area contributed by atoms with E-state index in [1.54, 1.807) is 0 Å². The summed E-state index contributed by atoms with van der Waals surface area (Å²) in [5, 5.41) is -1.82. The molecule has 0 amide bonds. The molecule has 0 saturated heterocycles. The van der Waals surface area contributed by atoms with Gasteiger partial charge in [-0.2, -0.15) is 8.42 Å². The van der Waals surface area contributed by atoms with Crippen LogP contribution in [0.3, 0.4) is 0 Å². The molecule has 0 bridgehead atoms. The van der Waals surface area contributed by atoms with Crippen LogP contribution in [-0.4, -0.2) is 33.0 Å². The lowest BCUT2D eigenvalue weighted by molar-refractivity contribution is 0.473. The van der Waals surface area contributed by atoms with Crippen molar-refractivity contribution in [2.75, 3.05) is 5.75 Å². The van der Waals surface area contributed by atoms with E-state index in [1.807, 2.05) is 0 Å². The molecule has 2 rings (SSSR count). The first-order chi connectivity index (χ1) is 9.04. The highest BCUT2D eigenvalue weighted by Crippen LogP contribution is 2.23. The van der Waals surface area contributed by atoms with E-state index in [0.717, 1.165) is 9.13 Å². The van der Waals surface area contributed by atoms with Crippen molar-refractivity contribution in [2.24, 2.45) is 24.1 Å². The van der Waals surface area contributed by atoms with Gasteiger partial charge in [-0.25, -0.2) is 14.8 Å². The van der Waals surface area contributed by atoms with Gasteiger partial charge < -0.3 is 0 Å². The van der Waals surface area contributed by atoms with E-state index in [2.05, 4.69) is 9.98 Å². The summed E-state index contributed by atoms with van der Waals surface area (Å²) in [7, 11) is -1.55. The van der Waals surface area contributed by atoms with Gasteiger partial charge in [0, 0.05) is 20.5 Å². The van der Waals surface area contributed by atoms with Gasteiger partial charge in [0.25, 0.3) is 15.7 Å². The van der Waals surface area contributed by atoms with E-state index in [4.69, 9.17) is 16.2 Å². The maximum absolute atomic E-state index is 11.9. The number of nitrogens with zero attached hydrogens (tertiary/aromatic N) is 4. The number of hydrogen-bond donors (Lipinski definition) is 1. The lowest BCUT2D eigenvalue weighted by Crippen LogP contribution is -2.55. The lowest BCUT2D eigenvalue weighted by Gasteiger charge is -2.12. The first-order valence-electron chi connectivity index (χ1n) is 5.44. The zero-order valence-electron chi connectivity index (χ0n) is 10.6. The number of halogens is 1. The Morgan fingerprint density at radius 2 is 1.85 bits per heavy atom. The zero-order chi connectivity index (χ0) is 15.3. The van der Waals surface area contributed by atoms with Gasteiger partial charge in [0.15, 0.2) is 10.8 Å². The Morgan fingerprint density at radius 3 is 2.40 bits per heavy atom. The largest absolute Gasteiger partial charge is 0.332 e. The van der Waals surface area contributed by atoms with Crippen LogP contribution in [0.2, 0.25) is 0 Å². The quantitative estimate of drug-likeness (QED) is 0.374. The van der Waals surface area contributed by atoms with Crippen LogP contribution in [-0.2, 0) is 24.2 Å². The van der Waals surface area contributed by atoms with Gasteiger partial charge in [0.2, 0.25) is 5.12 Å². The summed E-state index contributed by atoms with van der Waals surface area (Å²) in [6.07, 6.45) is -0.320. The van der Waals surface area contributed by atoms with Crippen LogP contribution in [0, 0.1) is 0 Å². The Balaban J connectivity index is 2.64. The molecule has 11 heteroatoms. The number of rotatable bonds is 3. The van der Waals surface area contributed by atoms with E-state index in [1.165, 1.54) is 14.1 Å². The molecule has 0 radical (unpaired) electrons. The Bertz CT molecular complexity index is 915. The Labute approximate surface area is 117 Å². The lowest BCUT2D eigenvalue weighted by atomic mass is 10.4. The molecule has 2 heterocycles. The topological polar surface area (TPSA) is 123 Å². The summed E-state index contributed by atoms with van der Waals surface area (Å²) in [5.74, 6) is -0.661. The first-order valence-corrected chi connectivity index (χ1v) is 7.43. The molecular weight excluding hydrogens is 312 g/mol. The average Bonchev–Trinajstić information content (AvgIpc) is 2.70. The third kappa shape index (κ3) is 2.53. The highest BCUT2D eigenvalue weighted by atomic mass is 35.5. The summed E-state index contributed by atoms with van der Waals surface area (Å²) in [6.45, 7) is 0. The van der Waals surface area contributed by atoms with Gasteiger partial charge in [-0.15, -0.1) is 0 Å². The molecular formula is C9H11ClN4O5S. The molecule has 1 aromatic heterocycles. The monoisotopic (exact) mass is 322 g/mol. The fraction of sp³-hybridized carbons (Fsp3) is 0.556. The molecule has 1 aliphatic heterocycles. The van der Waals surface area contributed by atoms with E-state index in [0.29, 0.717) is 0 Å². The molecule has 1 aromatic rings. The fourth-order valence-corrected chi connectivity index (χ4v) is 2.68. The maximum Gasteiger partial charge on any atom is 0.332 e. The normalized spacial score (nSPS) is 21.2. The Kier molecular flexibility index (Phi) is 3.35. The molecule has 1 N–H and O–H groups in total. The number of hydrogen-bond acceptors (Lipinski definition) is 6. The van der Waals surface area contributed by atoms with Gasteiger partial charge in [-0.3, -0.25) is 18.5 Å². The third-order valence-corrected chi connectivity index (χ3v) is 3.93. The first kappa shape index (κ1) is 14.9. The molecule has 0 aliphatic carbocycles. The molecule has 1 atom stereocenters. The molecule has 9 nitrogen and oxygen atoms in total. The molecule has 20 heavy (non-hydrogen) atoms. The van der Waals surface area contributed by atoms with Gasteiger partial charge in [-0.1, -0.05) is 11.6 Å². The van der Waals surface area contributed by atoms with Crippen molar-refractivity contribution in [1.82, 2.24) is 9.13 Å². The van der Waals surface area contributed by atoms with Crippen molar-refractivity contribution in [1.29, 1.82) is 0 Å². The Morgan fingerprint density at radius 1 is 1.25 bits per heavy atom. The van der Waals surface area contributed by atoms with Gasteiger partial charge in [0.1, 0.15) is 0 Å². The van der Waals surface area contributed by atoms with Crippen molar-refractivity contribution in [2.45, 2.75) is 11.5 Å². The predicted octanol–water partition coefficient (Wildman–Crippen LogP) is -2.49. The summed E-state index contributed by atoms with van der Waals surface area (Å²) in [5.41, 5.74) is -1.27. The van der Waals surface area contributed by atoms with Gasteiger partial charge >= 0.3 is 5.69 Å². The second kappa shape index (κ2) is 4.50. The maximum atomic E-state index is 11.9. The number of alkyl halides is 1. The van der Waals surface area contributed by atoms with E-state index >= 15 is 0 Å². The van der Waals surface area contributed by atoms with Crippen molar-refractivity contribution >= 4 is 21.7 Å². The summed E-state index contributed by atoms with van der Waals surface area (Å²) in [4.78, 5) is 31.4. The third-order valence-electron chi connectivity index (χ3n) is 2.85. The number of fused-ring (bicyclic) bond motifs is 1. The minimum atomic E-state index is -4.23. The van der Waals surface area contributed by atoms with Crippen molar-refractivity contribution in [3.8, 4) is 0 Å². The van der Waals surface area contributed by atoms with E-state index < -0.39 is 32.2 Å². The molecule has 1 unspecified atom stereocenters. The van der Waals surface area contributed by atoms with Crippen molar-refractivity contribution in [3.05, 3.63) is 31.7 Å². The van der Waals surface area contributed by atoms with Crippen LogP contribution in [0.1, 0.15) is 6.42 Å². The molecule has 0 aromatic carbocycles. The molecule has 0 spiro atoms. The molecule has 0 saturated carbocycles. The number of aromatic nitrogens is 2. The van der Waals surface area contributed by atoms with Gasteiger partial charge in [-0.05, 0) is 0 Å². The SMILES string of the molecule is Cn1c(=O)c2c(n(C)c1=O)=NC(Cl)(CCS(=O)(=O)O)N=2. The van der Waals surface area contributed by atoms with Crippen LogP contribution < -0.4 is 22.1 Å². The fourth-order valence-electron chi connectivity index (χ4n) is 1.77. The average molecular weight is 323 g/mol.